The summed E-state index contributed by atoms with van der Waals surface area (Å²) in [6.45, 7) is 3.70. The van der Waals surface area contributed by atoms with E-state index in [1.807, 2.05) is 13.8 Å². The van der Waals surface area contributed by atoms with Gasteiger partial charge in [-0.25, -0.2) is 0 Å². The van der Waals surface area contributed by atoms with Crippen LogP contribution in [0.5, 0.6) is 17.2 Å². The molecule has 3 atom stereocenters. The zero-order valence-electron chi connectivity index (χ0n) is 18.9. The summed E-state index contributed by atoms with van der Waals surface area (Å²) in [7, 11) is 0. The Hall–Kier alpha value is -4.01. The topological polar surface area (TPSA) is 141 Å². The summed E-state index contributed by atoms with van der Waals surface area (Å²) in [6.07, 6.45) is 1.69. The maximum Gasteiger partial charge on any atom is 0.240 e. The minimum absolute atomic E-state index is 0.00328. The van der Waals surface area contributed by atoms with Crippen LogP contribution in [0.3, 0.4) is 0 Å². The fraction of sp³-hybridized carbons (Fsp3) is 0.320. The zero-order chi connectivity index (χ0) is 24.4. The SMILES string of the molecule is CCC(C)C(NC(=O)CC(c1cc2c(cc1O)OCO2)c1coc2ccccc2c1=O)C(N)=O. The number of nitrogens with two attached hydrogens (primary N) is 1. The number of phenolic OH excluding ortho intramolecular Hbond substituents is 1. The van der Waals surface area contributed by atoms with Crippen molar-refractivity contribution >= 4 is 22.8 Å². The summed E-state index contributed by atoms with van der Waals surface area (Å²) in [6, 6.07) is 8.83. The minimum Gasteiger partial charge on any atom is -0.508 e. The molecule has 0 spiro atoms. The number of nitrogens with one attached hydrogen (secondary N) is 1. The van der Waals surface area contributed by atoms with Gasteiger partial charge in [0.1, 0.15) is 17.4 Å². The smallest absolute Gasteiger partial charge is 0.240 e. The van der Waals surface area contributed by atoms with Gasteiger partial charge in [-0.2, -0.15) is 0 Å². The predicted molar refractivity (Wildman–Crippen MR) is 124 cm³/mol. The van der Waals surface area contributed by atoms with E-state index in [-0.39, 0.29) is 35.9 Å². The Kier molecular flexibility index (Phi) is 6.45. The molecule has 2 aromatic carbocycles. The highest BCUT2D eigenvalue weighted by Gasteiger charge is 2.30. The van der Waals surface area contributed by atoms with Gasteiger partial charge in [-0.1, -0.05) is 32.4 Å². The number of carbonyl (C=O) groups excluding carboxylic acids is 2. The molecule has 2 heterocycles. The fourth-order valence-corrected chi connectivity index (χ4v) is 4.09. The molecule has 0 radical (unpaired) electrons. The highest BCUT2D eigenvalue weighted by Crippen LogP contribution is 2.42. The molecule has 1 aliphatic heterocycles. The molecule has 4 rings (SSSR count). The number of phenols is 1. The maximum absolute atomic E-state index is 13.4. The lowest BCUT2D eigenvalue weighted by molar-refractivity contribution is -0.128. The summed E-state index contributed by atoms with van der Waals surface area (Å²) in [5.74, 6) is -1.62. The van der Waals surface area contributed by atoms with Gasteiger partial charge in [0.15, 0.2) is 16.9 Å². The van der Waals surface area contributed by atoms with E-state index >= 15 is 0 Å². The van der Waals surface area contributed by atoms with E-state index in [4.69, 9.17) is 19.6 Å². The van der Waals surface area contributed by atoms with Crippen LogP contribution in [0.1, 0.15) is 43.7 Å². The van der Waals surface area contributed by atoms with Crippen LogP contribution >= 0.6 is 0 Å². The Labute approximate surface area is 195 Å². The van der Waals surface area contributed by atoms with Crippen molar-refractivity contribution in [1.29, 1.82) is 0 Å². The van der Waals surface area contributed by atoms with Crippen LogP contribution in [0.2, 0.25) is 0 Å². The van der Waals surface area contributed by atoms with Crippen LogP contribution < -0.4 is 26.0 Å². The second-order valence-corrected chi connectivity index (χ2v) is 8.37. The molecule has 0 bridgehead atoms. The van der Waals surface area contributed by atoms with Crippen molar-refractivity contribution in [2.75, 3.05) is 6.79 Å². The molecule has 0 aliphatic carbocycles. The quantitative estimate of drug-likeness (QED) is 0.463. The Balaban J connectivity index is 1.77. The maximum atomic E-state index is 13.4. The Morgan fingerprint density at radius 3 is 2.56 bits per heavy atom. The van der Waals surface area contributed by atoms with Crippen LogP contribution in [-0.2, 0) is 9.59 Å². The lowest BCUT2D eigenvalue weighted by atomic mass is 9.87. The molecule has 9 nitrogen and oxygen atoms in total. The van der Waals surface area contributed by atoms with E-state index in [0.29, 0.717) is 34.5 Å². The number of hydrogen-bond acceptors (Lipinski definition) is 7. The summed E-state index contributed by atoms with van der Waals surface area (Å²) in [4.78, 5) is 38.3. The van der Waals surface area contributed by atoms with Gasteiger partial charge in [-0.15, -0.1) is 0 Å². The molecule has 3 unspecified atom stereocenters. The first-order chi connectivity index (χ1) is 16.3. The number of benzene rings is 2. The number of amides is 2. The zero-order valence-corrected chi connectivity index (χ0v) is 18.9. The van der Waals surface area contributed by atoms with Gasteiger partial charge in [0.25, 0.3) is 0 Å². The molecule has 3 aromatic rings. The lowest BCUT2D eigenvalue weighted by Crippen LogP contribution is -2.48. The Morgan fingerprint density at radius 1 is 1.15 bits per heavy atom. The van der Waals surface area contributed by atoms with Crippen molar-refractivity contribution in [2.45, 2.75) is 38.6 Å². The average Bonchev–Trinajstić information content (AvgIpc) is 3.28. The average molecular weight is 466 g/mol. The molecule has 0 saturated carbocycles. The van der Waals surface area contributed by atoms with Gasteiger partial charge >= 0.3 is 0 Å². The molecule has 1 aromatic heterocycles. The largest absolute Gasteiger partial charge is 0.508 e. The van der Waals surface area contributed by atoms with Gasteiger partial charge < -0.3 is 30.0 Å². The van der Waals surface area contributed by atoms with E-state index in [0.717, 1.165) is 0 Å². The predicted octanol–water partition coefficient (Wildman–Crippen LogP) is 2.77. The standard InChI is InChI=1S/C25H26N2O7/c1-3-13(2)23(25(26)31)27-22(29)9-15(16-8-20-21(10-18(16)28)34-12-33-20)17-11-32-19-7-5-4-6-14(19)24(17)30/h4-8,10-11,13,15,23,28H,3,9,12H2,1-2H3,(H2,26,31)(H,27,29). The first-order valence-electron chi connectivity index (χ1n) is 11.0. The first kappa shape index (κ1) is 23.2. The summed E-state index contributed by atoms with van der Waals surface area (Å²) in [5.41, 5.74) is 6.05. The van der Waals surface area contributed by atoms with Crippen molar-refractivity contribution in [2.24, 2.45) is 11.7 Å². The highest BCUT2D eigenvalue weighted by atomic mass is 16.7. The van der Waals surface area contributed by atoms with E-state index in [1.165, 1.54) is 12.3 Å². The van der Waals surface area contributed by atoms with Crippen LogP contribution in [0.4, 0.5) is 0 Å². The molecule has 178 valence electrons. The Morgan fingerprint density at radius 2 is 1.85 bits per heavy atom. The van der Waals surface area contributed by atoms with E-state index in [1.54, 1.807) is 30.3 Å². The van der Waals surface area contributed by atoms with Crippen molar-refractivity contribution in [3.8, 4) is 17.2 Å². The third-order valence-corrected chi connectivity index (χ3v) is 6.20. The normalized spacial score (nSPS) is 15.0. The molecule has 1 aliphatic rings. The summed E-state index contributed by atoms with van der Waals surface area (Å²) in [5, 5.41) is 13.8. The number of para-hydroxylation sites is 1. The second-order valence-electron chi connectivity index (χ2n) is 8.37. The third-order valence-electron chi connectivity index (χ3n) is 6.20. The van der Waals surface area contributed by atoms with Gasteiger partial charge in [0.05, 0.1) is 11.6 Å². The highest BCUT2D eigenvalue weighted by molar-refractivity contribution is 5.87. The van der Waals surface area contributed by atoms with Crippen LogP contribution in [0.15, 0.2) is 51.9 Å². The van der Waals surface area contributed by atoms with Crippen LogP contribution in [-0.4, -0.2) is 29.8 Å². The molecular weight excluding hydrogens is 440 g/mol. The van der Waals surface area contributed by atoms with E-state index < -0.39 is 23.8 Å². The van der Waals surface area contributed by atoms with Gasteiger partial charge in [0, 0.05) is 29.5 Å². The van der Waals surface area contributed by atoms with E-state index in [2.05, 4.69) is 5.32 Å². The number of fused-ring (bicyclic) bond motifs is 2. The second kappa shape index (κ2) is 9.46. The van der Waals surface area contributed by atoms with E-state index in [9.17, 15) is 19.5 Å². The molecule has 34 heavy (non-hydrogen) atoms. The van der Waals surface area contributed by atoms with Crippen LogP contribution in [0.25, 0.3) is 11.0 Å². The van der Waals surface area contributed by atoms with Gasteiger partial charge in [-0.3, -0.25) is 14.4 Å². The van der Waals surface area contributed by atoms with Crippen molar-refractivity contribution in [3.63, 3.8) is 0 Å². The molecule has 0 saturated heterocycles. The fourth-order valence-electron chi connectivity index (χ4n) is 4.09. The molecule has 2 amide bonds. The van der Waals surface area contributed by atoms with Crippen molar-refractivity contribution in [3.05, 3.63) is 64.0 Å². The summed E-state index contributed by atoms with van der Waals surface area (Å²) >= 11 is 0. The van der Waals surface area contributed by atoms with Gasteiger partial charge in [-0.05, 0) is 24.1 Å². The Bertz CT molecular complexity index is 1300. The number of hydrogen-bond donors (Lipinski definition) is 3. The summed E-state index contributed by atoms with van der Waals surface area (Å²) < 4.78 is 16.4. The van der Waals surface area contributed by atoms with Crippen LogP contribution in [0, 0.1) is 5.92 Å². The monoisotopic (exact) mass is 466 g/mol. The van der Waals surface area contributed by atoms with Crippen molar-refractivity contribution < 1.29 is 28.6 Å². The molecule has 0 fully saturated rings. The first-order valence-corrected chi connectivity index (χ1v) is 11.0. The molecule has 4 N–H and O–H groups in total. The van der Waals surface area contributed by atoms with Gasteiger partial charge in [0.2, 0.25) is 18.6 Å². The molecular formula is C25H26N2O7. The number of aromatic hydroxyl groups is 1. The number of ether oxygens (including phenoxy) is 2. The number of carbonyl (C=O) groups is 2. The number of primary amides is 1. The minimum atomic E-state index is -0.888. The third kappa shape index (κ3) is 4.41. The number of rotatable bonds is 8. The van der Waals surface area contributed by atoms with Crippen molar-refractivity contribution in [1.82, 2.24) is 5.32 Å². The lowest BCUT2D eigenvalue weighted by Gasteiger charge is -2.23. The molecule has 9 heteroatoms.